The molecule has 0 spiro atoms. The normalized spacial score (nSPS) is 10.5. The van der Waals surface area contributed by atoms with E-state index in [0.717, 1.165) is 77.9 Å². The van der Waals surface area contributed by atoms with Crippen LogP contribution in [0.1, 0.15) is 97.1 Å². The average molecular weight is 1910 g/mol. The molecular weight excluding hydrogens is 1810 g/mol. The molecule has 16 aromatic rings. The number of aromatic carboxylic acids is 1. The lowest BCUT2D eigenvalue weighted by Gasteiger charge is -2.14. The van der Waals surface area contributed by atoms with Crippen molar-refractivity contribution in [2.75, 3.05) is 111 Å². The Morgan fingerprint density at radius 3 is 1.20 bits per heavy atom. The molecule has 9 N–H and O–H groups in total. The fourth-order valence-electron chi connectivity index (χ4n) is 14.9. The maximum Gasteiger partial charge on any atom is 0.335 e. The molecule has 0 aliphatic heterocycles. The van der Waals surface area contributed by atoms with Crippen molar-refractivity contribution >= 4 is 111 Å². The molecule has 35 nitrogen and oxygen atoms in total. The number of anilines is 2. The quantitative estimate of drug-likeness (QED) is 0.00781. The number of carbonyl (C=O) groups excluding carboxylic acids is 3. The van der Waals surface area contributed by atoms with Crippen LogP contribution in [0.5, 0.6) is 97.7 Å². The zero-order valence-electron chi connectivity index (χ0n) is 80.5. The summed E-state index contributed by atoms with van der Waals surface area (Å²) in [6.07, 6.45) is 7.01. The van der Waals surface area contributed by atoms with E-state index in [4.69, 9.17) is 82.9 Å². The summed E-state index contributed by atoms with van der Waals surface area (Å²) in [5, 5.41) is 67.4. The van der Waals surface area contributed by atoms with Crippen LogP contribution < -0.4 is 83.2 Å². The third-order valence-electron chi connectivity index (χ3n) is 22.4. The summed E-state index contributed by atoms with van der Waals surface area (Å²) in [5.74, 6) is 3.64. The van der Waals surface area contributed by atoms with E-state index in [9.17, 15) is 59.5 Å². The number of carboxylic acid groups (broad SMARTS) is 1. The molecule has 4 heterocycles. The Kier molecular flexibility index (Phi) is 34.5. The fraction of sp³-hybridized carbons (Fsp3) is 0.200. The van der Waals surface area contributed by atoms with Crippen LogP contribution >= 0.6 is 0 Å². The number of ether oxygens (including phenoxy) is 14. The first-order chi connectivity index (χ1) is 66.8. The van der Waals surface area contributed by atoms with Crippen molar-refractivity contribution in [2.45, 2.75) is 48.5 Å². The number of methoxy groups -OCH3 is 14. The van der Waals surface area contributed by atoms with E-state index in [2.05, 4.69) is 58.9 Å². The SMILES string of the molecule is COc1cc(C(=O)c2cc(OC)c(OC)cc2N)c(N)cc1C.COc1cc(C(=O)c2cc(OC)c(OC)cc2[N+](=O)[O-])c([N+](=O)[O-])cc1C.COc1cc(C(=O)c2ccc(OC)c(OC)c2)ccc1C.COc1cc2c(cc1C)ncc1cnc3cc(OC)c(OC)cc3c12.COc1ccc(C(=O)O)cc1OC.Cc1ccc(C)c(C)c1.O=c1cc2ncc3c[nH]c4cc(O)c(O)cc4c3c2cc1O. The molecule has 0 unspecified atom stereocenters. The van der Waals surface area contributed by atoms with E-state index in [-0.39, 0.29) is 68.4 Å². The number of aromatic nitrogens is 4. The van der Waals surface area contributed by atoms with Gasteiger partial charge in [-0.05, 0) is 179 Å². The maximum absolute atomic E-state index is 13.0. The van der Waals surface area contributed by atoms with Crippen LogP contribution in [-0.2, 0) is 0 Å². The number of phenolic OH excluding ortho intramolecular Hbond substituents is 3. The van der Waals surface area contributed by atoms with Gasteiger partial charge in [-0.1, -0.05) is 35.9 Å². The number of nitrogens with two attached hydrogens (primary N) is 2. The average Bonchev–Trinajstić information content (AvgIpc) is 0.744. The van der Waals surface area contributed by atoms with Gasteiger partial charge in [-0.2, -0.15) is 0 Å². The molecular formula is C105H104N8O27. The van der Waals surface area contributed by atoms with Crippen LogP contribution in [0.2, 0.25) is 0 Å². The Balaban J connectivity index is 0.000000171. The van der Waals surface area contributed by atoms with Gasteiger partial charge in [0.25, 0.3) is 11.4 Å². The molecule has 0 aliphatic rings. The third-order valence-corrected chi connectivity index (χ3v) is 22.4. The first-order valence-corrected chi connectivity index (χ1v) is 42.3. The molecule has 0 saturated heterocycles. The topological polar surface area (TPSA) is 488 Å². The first kappa shape index (κ1) is 104. The number of benzene rings is 12. The van der Waals surface area contributed by atoms with Crippen LogP contribution in [0.3, 0.4) is 0 Å². The lowest BCUT2D eigenvalue weighted by Crippen LogP contribution is -2.10. The van der Waals surface area contributed by atoms with E-state index in [0.29, 0.717) is 113 Å². The van der Waals surface area contributed by atoms with Crippen molar-refractivity contribution in [3.8, 4) is 97.7 Å². The second-order valence-corrected chi connectivity index (χ2v) is 31.0. The van der Waals surface area contributed by atoms with Crippen LogP contribution in [0.15, 0.2) is 199 Å². The molecule has 0 radical (unpaired) electrons. The molecule has 726 valence electrons. The number of ketones is 3. The second kappa shape index (κ2) is 46.4. The molecule has 0 bridgehead atoms. The lowest BCUT2D eigenvalue weighted by atomic mass is 9.98. The highest BCUT2D eigenvalue weighted by Gasteiger charge is 2.32. The summed E-state index contributed by atoms with van der Waals surface area (Å²) in [4.78, 5) is 98.1. The Hall–Kier alpha value is -17.9. The number of aryl methyl sites for hydroxylation is 7. The van der Waals surface area contributed by atoms with E-state index in [1.54, 1.807) is 123 Å². The number of nitrogens with zero attached hydrogens (tertiary/aromatic N) is 5. The fourth-order valence-corrected chi connectivity index (χ4v) is 14.9. The van der Waals surface area contributed by atoms with E-state index >= 15 is 0 Å². The highest BCUT2D eigenvalue weighted by Crippen LogP contribution is 2.44. The molecule has 0 atom stereocenters. The van der Waals surface area contributed by atoms with Gasteiger partial charge in [0.2, 0.25) is 11.2 Å². The standard InChI is InChI=1S/C20H18N2O3.C17H16N2O8.C17H20N2O4.C17H18O4.C16H10N2O4.C9H10O4.C9H12/c1-11-5-15-13(6-17(11)23-2)20-12(9-21-15)10-22-16-8-19(25-4)18(24-3)7-14(16)20;1-9-5-12(18(21)22)10(6-14(9)25-2)17(20)11-7-15(26-3)16(27-4)8-13(11)19(23)24;1-9-5-12(18)10(6-14(9)21-2)17(20)11-7-15(22-3)16(23-4)8-13(11)19;1-11-5-6-12(9-15(11)20-3)17(18)13-7-8-14(19-2)16(10-13)21-4;19-12-1-8-10(3-14(12)21)17-5-7-6-18-11-4-15(22)13(20)2-9(11)16(7)8;1-12-7-4-3-6(9(10)11)5-8(7)13-2;1-7-4-5-8(2)9(3)6-7/h5-10H,1-4H3;5-8H,1-4H3;5-8H,18-19H2,1-4H3;5-10H,1-4H3;1-6,17,19-21H;3-5H,1-2H3,(H,10,11);4-6H,1-3H3. The second-order valence-electron chi connectivity index (χ2n) is 31.0. The van der Waals surface area contributed by atoms with Gasteiger partial charge in [-0.3, -0.25) is 54.4 Å². The van der Waals surface area contributed by atoms with Gasteiger partial charge >= 0.3 is 5.97 Å². The number of nitro benzene ring substituents is 2. The van der Waals surface area contributed by atoms with Gasteiger partial charge < -0.3 is 103 Å². The minimum atomic E-state index is -0.985. The number of H-pyrrole nitrogens is 1. The number of hydrogen-bond acceptors (Lipinski definition) is 31. The molecule has 0 saturated carbocycles. The summed E-state index contributed by atoms with van der Waals surface area (Å²) >= 11 is 0. The van der Waals surface area contributed by atoms with Gasteiger partial charge in [-0.15, -0.1) is 0 Å². The number of fused-ring (bicyclic) bond motifs is 10. The summed E-state index contributed by atoms with van der Waals surface area (Å²) in [6.45, 7) is 13.8. The Labute approximate surface area is 803 Å². The highest BCUT2D eigenvalue weighted by molar-refractivity contribution is 6.21. The molecule has 0 amide bonds. The molecule has 140 heavy (non-hydrogen) atoms. The minimum absolute atomic E-state index is 0.0525. The number of aromatic hydroxyl groups is 3. The Morgan fingerprint density at radius 1 is 0.321 bits per heavy atom. The smallest absolute Gasteiger partial charge is 0.335 e. The zero-order valence-corrected chi connectivity index (χ0v) is 80.5. The molecule has 0 aliphatic carbocycles. The van der Waals surface area contributed by atoms with Crippen molar-refractivity contribution < 1.29 is 116 Å². The van der Waals surface area contributed by atoms with Crippen LogP contribution in [-0.4, -0.2) is 173 Å². The van der Waals surface area contributed by atoms with Gasteiger partial charge in [0.1, 0.15) is 34.1 Å². The number of nitrogen functional groups attached to an aromatic ring is 2. The Bertz CT molecular complexity index is 7510. The number of aromatic amines is 1. The number of hydrogen-bond donors (Lipinski definition) is 7. The van der Waals surface area contributed by atoms with Crippen molar-refractivity contribution in [1.82, 2.24) is 19.9 Å². The number of nitro groups is 2. The third kappa shape index (κ3) is 23.3. The largest absolute Gasteiger partial charge is 0.504 e. The number of nitrogens with one attached hydrogen (secondary N) is 1. The predicted octanol–water partition coefficient (Wildman–Crippen LogP) is 19.4. The monoisotopic (exact) mass is 1910 g/mol. The number of phenols is 3. The summed E-state index contributed by atoms with van der Waals surface area (Å²) < 4.78 is 72.8. The zero-order chi connectivity index (χ0) is 103. The molecule has 12 aromatic carbocycles. The number of carboxylic acids is 1. The molecule has 16 rings (SSSR count). The summed E-state index contributed by atoms with van der Waals surface area (Å²) in [7, 11) is 21.1. The van der Waals surface area contributed by atoms with E-state index in [1.165, 1.54) is 122 Å². The van der Waals surface area contributed by atoms with Gasteiger partial charge in [-0.25, -0.2) is 4.79 Å². The van der Waals surface area contributed by atoms with E-state index in [1.807, 2.05) is 63.5 Å². The van der Waals surface area contributed by atoms with Crippen molar-refractivity contribution in [3.05, 3.63) is 303 Å². The number of rotatable bonds is 23. The van der Waals surface area contributed by atoms with Gasteiger partial charge in [0.05, 0.1) is 138 Å². The van der Waals surface area contributed by atoms with Crippen LogP contribution in [0, 0.1) is 68.7 Å². The molecule has 0 fully saturated rings. The van der Waals surface area contributed by atoms with Gasteiger partial charge in [0.15, 0.2) is 86.3 Å². The number of carbonyl (C=O) groups is 4. The molecule has 35 heteroatoms. The summed E-state index contributed by atoms with van der Waals surface area (Å²) in [6, 6.07) is 45.8. The van der Waals surface area contributed by atoms with Crippen molar-refractivity contribution in [1.29, 1.82) is 0 Å². The van der Waals surface area contributed by atoms with Gasteiger partial charge in [0, 0.05) is 143 Å². The number of pyridine rings is 4. The first-order valence-electron chi connectivity index (χ1n) is 42.3. The van der Waals surface area contributed by atoms with Crippen LogP contribution in [0.25, 0.3) is 65.2 Å². The predicted molar refractivity (Wildman–Crippen MR) is 533 cm³/mol. The molecule has 4 aromatic heterocycles. The highest BCUT2D eigenvalue weighted by atomic mass is 16.6. The lowest BCUT2D eigenvalue weighted by molar-refractivity contribution is -0.385. The minimum Gasteiger partial charge on any atom is -0.504 e. The maximum atomic E-state index is 13.0. The van der Waals surface area contributed by atoms with Crippen LogP contribution in [0.4, 0.5) is 22.7 Å². The van der Waals surface area contributed by atoms with E-state index < -0.39 is 38.4 Å². The Morgan fingerprint density at radius 2 is 0.679 bits per heavy atom. The van der Waals surface area contributed by atoms with Crippen molar-refractivity contribution in [3.63, 3.8) is 0 Å². The van der Waals surface area contributed by atoms with Crippen molar-refractivity contribution in [2.24, 2.45) is 0 Å². The summed E-state index contributed by atoms with van der Waals surface area (Å²) in [5.41, 5.74) is 22.6.